The molecule has 2 atom stereocenters. The third-order valence-electron chi connectivity index (χ3n) is 8.58. The summed E-state index contributed by atoms with van der Waals surface area (Å²) in [6.07, 6.45) is 6.77. The fraction of sp³-hybridized carbons (Fsp3) is 0.400. The van der Waals surface area contributed by atoms with Crippen molar-refractivity contribution in [3.8, 4) is 0 Å². The lowest BCUT2D eigenvalue weighted by Crippen LogP contribution is -2.58. The van der Waals surface area contributed by atoms with E-state index in [1.165, 1.54) is 0 Å². The van der Waals surface area contributed by atoms with Gasteiger partial charge in [0.15, 0.2) is 0 Å². The van der Waals surface area contributed by atoms with Crippen LogP contribution in [0.25, 0.3) is 5.57 Å². The molecule has 2 amide bonds. The Kier molecular flexibility index (Phi) is 10.8. The van der Waals surface area contributed by atoms with Crippen LogP contribution in [0.1, 0.15) is 43.2 Å². The number of benzene rings is 2. The zero-order valence-corrected chi connectivity index (χ0v) is 25.4. The average molecular weight is 598 g/mol. The Morgan fingerprint density at radius 1 is 0.909 bits per heavy atom. The summed E-state index contributed by atoms with van der Waals surface area (Å²) in [5, 5.41) is 13.4. The number of likely N-dealkylation sites (tertiary alicyclic amines) is 1. The van der Waals surface area contributed by atoms with Crippen LogP contribution in [0.15, 0.2) is 97.5 Å². The zero-order chi connectivity index (χ0) is 30.8. The lowest BCUT2D eigenvalue weighted by atomic mass is 9.89. The lowest BCUT2D eigenvalue weighted by molar-refractivity contribution is -0.142. The Morgan fingerprint density at radius 3 is 2.11 bits per heavy atom. The van der Waals surface area contributed by atoms with Gasteiger partial charge in [0.05, 0.1) is 18.8 Å². The summed E-state index contributed by atoms with van der Waals surface area (Å²) in [7, 11) is 0. The van der Waals surface area contributed by atoms with Gasteiger partial charge in [-0.3, -0.25) is 14.6 Å². The second-order valence-electron chi connectivity index (χ2n) is 11.7. The first-order chi connectivity index (χ1) is 21.4. The van der Waals surface area contributed by atoms with E-state index in [1.807, 2.05) is 87.7 Å². The van der Waals surface area contributed by atoms with Crippen LogP contribution in [0.5, 0.6) is 0 Å². The zero-order valence-electron chi connectivity index (χ0n) is 25.4. The normalized spacial score (nSPS) is 20.5. The minimum absolute atomic E-state index is 0.0134. The van der Waals surface area contributed by atoms with Crippen molar-refractivity contribution in [2.75, 3.05) is 45.9 Å². The van der Waals surface area contributed by atoms with Gasteiger partial charge in [-0.05, 0) is 42.0 Å². The number of β-amino-alcohol motifs (C(OH)–C–C–N with tert-alkyl or cyclic N) is 1. The maximum Gasteiger partial charge on any atom is 0.246 e. The number of ether oxygens (including phenoxy) is 1. The summed E-state index contributed by atoms with van der Waals surface area (Å²) < 4.78 is 5.46. The molecular formula is C35H43N5O4. The molecule has 44 heavy (non-hydrogen) atoms. The number of nitrogens with one attached hydrogen (secondary N) is 1. The number of amides is 2. The lowest BCUT2D eigenvalue weighted by Gasteiger charge is -2.42. The highest BCUT2D eigenvalue weighted by atomic mass is 16.5. The molecule has 0 radical (unpaired) electrons. The number of hydrogen-bond donors (Lipinski definition) is 2. The van der Waals surface area contributed by atoms with Crippen molar-refractivity contribution >= 4 is 17.4 Å². The van der Waals surface area contributed by atoms with Crippen molar-refractivity contribution in [3.63, 3.8) is 0 Å². The number of pyridine rings is 1. The van der Waals surface area contributed by atoms with Gasteiger partial charge < -0.3 is 25.1 Å². The van der Waals surface area contributed by atoms with Gasteiger partial charge in [0.1, 0.15) is 6.04 Å². The highest BCUT2D eigenvalue weighted by Gasteiger charge is 2.43. The van der Waals surface area contributed by atoms with Crippen LogP contribution in [0.4, 0.5) is 0 Å². The molecule has 9 heteroatoms. The third-order valence-corrected chi connectivity index (χ3v) is 8.58. The van der Waals surface area contributed by atoms with Gasteiger partial charge in [-0.15, -0.1) is 0 Å². The third kappa shape index (κ3) is 8.11. The highest BCUT2D eigenvalue weighted by molar-refractivity contribution is 5.96. The topological polar surface area (TPSA) is 98.2 Å². The van der Waals surface area contributed by atoms with Crippen LogP contribution >= 0.6 is 0 Å². The number of carbonyl (C=O) groups is 2. The van der Waals surface area contributed by atoms with Crippen molar-refractivity contribution < 1.29 is 19.4 Å². The van der Waals surface area contributed by atoms with E-state index in [4.69, 9.17) is 4.74 Å². The molecule has 0 bridgehead atoms. The smallest absolute Gasteiger partial charge is 0.246 e. The summed E-state index contributed by atoms with van der Waals surface area (Å²) >= 11 is 0. The minimum atomic E-state index is -1.00. The Morgan fingerprint density at radius 2 is 1.52 bits per heavy atom. The summed E-state index contributed by atoms with van der Waals surface area (Å²) in [5.74, 6) is 0.281. The van der Waals surface area contributed by atoms with Crippen molar-refractivity contribution in [2.24, 2.45) is 0 Å². The molecule has 0 spiro atoms. The monoisotopic (exact) mass is 597 g/mol. The molecule has 3 aliphatic heterocycles. The van der Waals surface area contributed by atoms with Gasteiger partial charge in [-0.25, -0.2) is 5.01 Å². The SMILES string of the molecule is CC(CC(=O)N1CCC(O)(CN2NC=C(c3ccccc3)[C@@H]2C(=O)N2CCOCC2)CC1)c1ccccc1.c1ccncc1. The maximum atomic E-state index is 13.7. The van der Waals surface area contributed by atoms with Crippen LogP contribution in [-0.2, 0) is 14.3 Å². The summed E-state index contributed by atoms with van der Waals surface area (Å²) in [6, 6.07) is 25.2. The summed E-state index contributed by atoms with van der Waals surface area (Å²) in [5.41, 5.74) is 5.31. The quantitative estimate of drug-likeness (QED) is 0.429. The molecule has 0 saturated carbocycles. The second-order valence-corrected chi connectivity index (χ2v) is 11.7. The first-order valence-electron chi connectivity index (χ1n) is 15.5. The summed E-state index contributed by atoms with van der Waals surface area (Å²) in [4.78, 5) is 34.2. The molecule has 2 N–H and O–H groups in total. The van der Waals surface area contributed by atoms with E-state index >= 15 is 0 Å². The number of aromatic nitrogens is 1. The fourth-order valence-corrected chi connectivity index (χ4v) is 5.96. The number of nitrogens with zero attached hydrogens (tertiary/aromatic N) is 4. The van der Waals surface area contributed by atoms with Gasteiger partial charge in [0.2, 0.25) is 11.8 Å². The first kappa shape index (κ1) is 31.4. The minimum Gasteiger partial charge on any atom is -0.388 e. The molecule has 2 aromatic carbocycles. The van der Waals surface area contributed by atoms with Gasteiger partial charge in [0, 0.05) is 63.3 Å². The predicted octanol–water partition coefficient (Wildman–Crippen LogP) is 3.70. The number of hydrogen-bond acceptors (Lipinski definition) is 7. The van der Waals surface area contributed by atoms with Crippen LogP contribution in [0, 0.1) is 0 Å². The van der Waals surface area contributed by atoms with Gasteiger partial charge in [-0.1, -0.05) is 73.7 Å². The Hall–Kier alpha value is -4.05. The molecule has 1 aromatic heterocycles. The van der Waals surface area contributed by atoms with E-state index in [1.54, 1.807) is 12.4 Å². The number of morpholine rings is 1. The Bertz CT molecular complexity index is 1330. The molecule has 232 valence electrons. The average Bonchev–Trinajstić information content (AvgIpc) is 3.49. The second kappa shape index (κ2) is 15.1. The number of carbonyl (C=O) groups excluding carboxylic acids is 2. The van der Waals surface area contributed by atoms with E-state index in [9.17, 15) is 14.7 Å². The van der Waals surface area contributed by atoms with E-state index < -0.39 is 11.6 Å². The Balaban J connectivity index is 0.000000573. The number of piperidine rings is 1. The predicted molar refractivity (Wildman–Crippen MR) is 170 cm³/mol. The standard InChI is InChI=1S/C30H38N4O4.C5H5N/c1-23(24-8-4-2-5-9-24)20-27(35)32-14-12-30(37,13-15-32)22-34-28(29(36)33-16-18-38-19-17-33)26(21-31-34)25-10-6-3-7-11-25;1-2-4-6-5-3-1/h2-11,21,23,28,31,37H,12-20,22H2,1H3;1-5H/t23?,28-;/m1./s1. The molecule has 2 saturated heterocycles. The van der Waals surface area contributed by atoms with Crippen molar-refractivity contribution in [2.45, 2.75) is 43.7 Å². The fourth-order valence-electron chi connectivity index (χ4n) is 5.96. The largest absolute Gasteiger partial charge is 0.388 e. The van der Waals surface area contributed by atoms with Crippen molar-refractivity contribution in [3.05, 3.63) is 109 Å². The summed E-state index contributed by atoms with van der Waals surface area (Å²) in [6.45, 7) is 5.58. The molecule has 2 fully saturated rings. The highest BCUT2D eigenvalue weighted by Crippen LogP contribution is 2.32. The molecule has 3 aromatic rings. The van der Waals surface area contributed by atoms with Crippen molar-refractivity contribution in [1.82, 2.24) is 25.2 Å². The van der Waals surface area contributed by atoms with Crippen molar-refractivity contribution in [1.29, 1.82) is 0 Å². The molecule has 1 unspecified atom stereocenters. The number of hydrazine groups is 1. The molecule has 6 rings (SSSR count). The molecule has 0 aliphatic carbocycles. The van der Waals surface area contributed by atoms with E-state index in [0.29, 0.717) is 65.2 Å². The first-order valence-corrected chi connectivity index (χ1v) is 15.5. The Labute approximate surface area is 260 Å². The van der Waals surface area contributed by atoms with Gasteiger partial charge >= 0.3 is 0 Å². The number of rotatable bonds is 7. The van der Waals surface area contributed by atoms with E-state index in [-0.39, 0.29) is 17.7 Å². The van der Waals surface area contributed by atoms with Gasteiger partial charge in [-0.2, -0.15) is 0 Å². The van der Waals surface area contributed by atoms with Crippen LogP contribution in [0.2, 0.25) is 0 Å². The van der Waals surface area contributed by atoms with E-state index in [2.05, 4.69) is 29.5 Å². The molecule has 3 aliphatic rings. The molecule has 9 nitrogen and oxygen atoms in total. The van der Waals surface area contributed by atoms with Gasteiger partial charge in [0.25, 0.3) is 0 Å². The number of aliphatic hydroxyl groups is 1. The molecule has 4 heterocycles. The maximum absolute atomic E-state index is 13.7. The van der Waals surface area contributed by atoms with Crippen LogP contribution in [-0.4, -0.2) is 94.3 Å². The van der Waals surface area contributed by atoms with Crippen LogP contribution < -0.4 is 5.43 Å². The van der Waals surface area contributed by atoms with E-state index in [0.717, 1.165) is 16.7 Å². The molecular weight excluding hydrogens is 554 g/mol. The van der Waals surface area contributed by atoms with Crippen LogP contribution in [0.3, 0.4) is 0 Å².